The van der Waals surface area contributed by atoms with Crippen molar-refractivity contribution in [2.24, 2.45) is 0 Å². The number of amides is 1. The molecule has 0 saturated heterocycles. The SMILES string of the molecule is COC(=O)c1cccc(NC(=O)c2cc(C)nnc2C)c1. The zero-order chi connectivity index (χ0) is 15.4. The number of nitrogens with one attached hydrogen (secondary N) is 1. The van der Waals surface area contributed by atoms with Crippen LogP contribution in [0.1, 0.15) is 32.1 Å². The van der Waals surface area contributed by atoms with Gasteiger partial charge in [0.05, 0.1) is 29.6 Å². The predicted octanol–water partition coefficient (Wildman–Crippen LogP) is 2.13. The highest BCUT2D eigenvalue weighted by atomic mass is 16.5. The third-order valence-electron chi connectivity index (χ3n) is 2.89. The van der Waals surface area contributed by atoms with Crippen LogP contribution in [-0.4, -0.2) is 29.2 Å². The van der Waals surface area contributed by atoms with Crippen LogP contribution in [0.2, 0.25) is 0 Å². The van der Waals surface area contributed by atoms with Gasteiger partial charge in [0.1, 0.15) is 0 Å². The van der Waals surface area contributed by atoms with Gasteiger partial charge in [-0.05, 0) is 38.1 Å². The standard InChI is InChI=1S/C15H15N3O3/c1-9-7-13(10(2)18-17-9)14(19)16-12-6-4-5-11(8-12)15(20)21-3/h4-8H,1-3H3,(H,16,19). The van der Waals surface area contributed by atoms with Gasteiger partial charge in [-0.15, -0.1) is 0 Å². The molecule has 21 heavy (non-hydrogen) atoms. The molecule has 0 radical (unpaired) electrons. The summed E-state index contributed by atoms with van der Waals surface area (Å²) < 4.78 is 4.65. The lowest BCUT2D eigenvalue weighted by Gasteiger charge is -2.08. The molecule has 6 nitrogen and oxygen atoms in total. The number of carbonyl (C=O) groups excluding carboxylic acids is 2. The van der Waals surface area contributed by atoms with Crippen molar-refractivity contribution in [2.75, 3.05) is 12.4 Å². The Balaban J connectivity index is 2.23. The van der Waals surface area contributed by atoms with Crippen LogP contribution >= 0.6 is 0 Å². The summed E-state index contributed by atoms with van der Waals surface area (Å²) in [6.07, 6.45) is 0. The molecular weight excluding hydrogens is 270 g/mol. The number of aromatic nitrogens is 2. The second-order valence-corrected chi connectivity index (χ2v) is 4.51. The average Bonchev–Trinajstić information content (AvgIpc) is 2.49. The van der Waals surface area contributed by atoms with E-state index in [0.29, 0.717) is 28.2 Å². The lowest BCUT2D eigenvalue weighted by Crippen LogP contribution is -2.15. The number of hydrogen-bond acceptors (Lipinski definition) is 5. The molecule has 108 valence electrons. The van der Waals surface area contributed by atoms with Crippen LogP contribution < -0.4 is 5.32 Å². The lowest BCUT2D eigenvalue weighted by atomic mass is 10.1. The van der Waals surface area contributed by atoms with E-state index in [0.717, 1.165) is 0 Å². The second kappa shape index (κ2) is 6.13. The minimum absolute atomic E-state index is 0.299. The summed E-state index contributed by atoms with van der Waals surface area (Å²) >= 11 is 0. The number of carbonyl (C=O) groups is 2. The molecule has 1 amide bonds. The van der Waals surface area contributed by atoms with Crippen LogP contribution in [0.25, 0.3) is 0 Å². The first-order chi connectivity index (χ1) is 10.0. The fourth-order valence-corrected chi connectivity index (χ4v) is 1.82. The van der Waals surface area contributed by atoms with Crippen molar-refractivity contribution in [2.45, 2.75) is 13.8 Å². The van der Waals surface area contributed by atoms with Crippen molar-refractivity contribution >= 4 is 17.6 Å². The minimum Gasteiger partial charge on any atom is -0.465 e. The highest BCUT2D eigenvalue weighted by Crippen LogP contribution is 2.14. The van der Waals surface area contributed by atoms with Gasteiger partial charge < -0.3 is 10.1 Å². The Morgan fingerprint density at radius 3 is 2.62 bits per heavy atom. The Hall–Kier alpha value is -2.76. The van der Waals surface area contributed by atoms with E-state index in [4.69, 9.17) is 0 Å². The number of methoxy groups -OCH3 is 1. The smallest absolute Gasteiger partial charge is 0.337 e. The summed E-state index contributed by atoms with van der Waals surface area (Å²) in [5.41, 5.74) is 2.54. The van der Waals surface area contributed by atoms with E-state index in [1.807, 2.05) is 0 Å². The molecule has 1 aromatic heterocycles. The van der Waals surface area contributed by atoms with Gasteiger partial charge in [-0.1, -0.05) is 6.07 Å². The van der Waals surface area contributed by atoms with Crippen LogP contribution in [0.15, 0.2) is 30.3 Å². The molecule has 1 aromatic carbocycles. The zero-order valence-corrected chi connectivity index (χ0v) is 12.0. The summed E-state index contributed by atoms with van der Waals surface area (Å²) in [7, 11) is 1.31. The first-order valence-electron chi connectivity index (χ1n) is 6.32. The number of aryl methyl sites for hydroxylation is 2. The molecule has 0 saturated carbocycles. The lowest BCUT2D eigenvalue weighted by molar-refractivity contribution is 0.0600. The summed E-state index contributed by atoms with van der Waals surface area (Å²) in [5.74, 6) is -0.754. The van der Waals surface area contributed by atoms with Crippen molar-refractivity contribution in [1.82, 2.24) is 10.2 Å². The van der Waals surface area contributed by atoms with Gasteiger partial charge in [-0.2, -0.15) is 10.2 Å². The van der Waals surface area contributed by atoms with Crippen molar-refractivity contribution in [3.05, 3.63) is 52.8 Å². The quantitative estimate of drug-likeness (QED) is 0.874. The molecule has 0 aliphatic rings. The normalized spacial score (nSPS) is 10.0. The fourth-order valence-electron chi connectivity index (χ4n) is 1.82. The number of nitrogens with zero attached hydrogens (tertiary/aromatic N) is 2. The van der Waals surface area contributed by atoms with Crippen molar-refractivity contribution in [3.63, 3.8) is 0 Å². The van der Waals surface area contributed by atoms with Gasteiger partial charge in [0.25, 0.3) is 5.91 Å². The summed E-state index contributed by atoms with van der Waals surface area (Å²) in [5, 5.41) is 10.5. The first kappa shape index (κ1) is 14.6. The first-order valence-corrected chi connectivity index (χ1v) is 6.32. The molecule has 0 aliphatic carbocycles. The molecule has 0 atom stereocenters. The van der Waals surface area contributed by atoms with Crippen molar-refractivity contribution in [3.8, 4) is 0 Å². The van der Waals surface area contributed by atoms with Crippen LogP contribution in [-0.2, 0) is 4.74 Å². The van der Waals surface area contributed by atoms with E-state index in [-0.39, 0.29) is 5.91 Å². The van der Waals surface area contributed by atoms with Crippen LogP contribution in [0.5, 0.6) is 0 Å². The largest absolute Gasteiger partial charge is 0.465 e. The highest BCUT2D eigenvalue weighted by molar-refractivity contribution is 6.05. The molecule has 0 spiro atoms. The summed E-state index contributed by atoms with van der Waals surface area (Å²) in [4.78, 5) is 23.7. The Kier molecular flexibility index (Phi) is 4.27. The van der Waals surface area contributed by atoms with Gasteiger partial charge in [-0.3, -0.25) is 4.79 Å². The Labute approximate surface area is 122 Å². The number of hydrogen-bond donors (Lipinski definition) is 1. The van der Waals surface area contributed by atoms with E-state index in [1.54, 1.807) is 44.2 Å². The summed E-state index contributed by atoms with van der Waals surface area (Å²) in [6.45, 7) is 3.48. The number of esters is 1. The van der Waals surface area contributed by atoms with Gasteiger partial charge in [0.15, 0.2) is 0 Å². The molecule has 0 aliphatic heterocycles. The third-order valence-corrected chi connectivity index (χ3v) is 2.89. The van der Waals surface area contributed by atoms with Crippen molar-refractivity contribution < 1.29 is 14.3 Å². The van der Waals surface area contributed by atoms with E-state index >= 15 is 0 Å². The Morgan fingerprint density at radius 1 is 1.14 bits per heavy atom. The number of benzene rings is 1. The zero-order valence-electron chi connectivity index (χ0n) is 12.0. The molecule has 1 N–H and O–H groups in total. The Bertz CT molecular complexity index is 698. The Morgan fingerprint density at radius 2 is 1.90 bits per heavy atom. The van der Waals surface area contributed by atoms with Crippen LogP contribution in [0.3, 0.4) is 0 Å². The number of ether oxygens (including phenoxy) is 1. The van der Waals surface area contributed by atoms with Crippen LogP contribution in [0.4, 0.5) is 5.69 Å². The fraction of sp³-hybridized carbons (Fsp3) is 0.200. The molecule has 2 aromatic rings. The maximum Gasteiger partial charge on any atom is 0.337 e. The molecule has 2 rings (SSSR count). The molecular formula is C15H15N3O3. The van der Waals surface area contributed by atoms with Crippen LogP contribution in [0, 0.1) is 13.8 Å². The minimum atomic E-state index is -0.455. The van der Waals surface area contributed by atoms with Crippen molar-refractivity contribution in [1.29, 1.82) is 0 Å². The molecule has 0 fully saturated rings. The van der Waals surface area contributed by atoms with Gasteiger partial charge in [0, 0.05) is 5.69 Å². The molecule has 0 bridgehead atoms. The summed E-state index contributed by atoms with van der Waals surface area (Å²) in [6, 6.07) is 8.21. The van der Waals surface area contributed by atoms with Gasteiger partial charge in [-0.25, -0.2) is 4.79 Å². The van der Waals surface area contributed by atoms with Gasteiger partial charge >= 0.3 is 5.97 Å². The average molecular weight is 285 g/mol. The highest BCUT2D eigenvalue weighted by Gasteiger charge is 2.12. The van der Waals surface area contributed by atoms with E-state index in [1.165, 1.54) is 7.11 Å². The predicted molar refractivity (Wildman–Crippen MR) is 77.2 cm³/mol. The third kappa shape index (κ3) is 3.42. The van der Waals surface area contributed by atoms with Gasteiger partial charge in [0.2, 0.25) is 0 Å². The molecule has 1 heterocycles. The maximum absolute atomic E-state index is 12.2. The number of rotatable bonds is 3. The second-order valence-electron chi connectivity index (χ2n) is 4.51. The maximum atomic E-state index is 12.2. The van der Waals surface area contributed by atoms with E-state index in [2.05, 4.69) is 20.3 Å². The van der Waals surface area contributed by atoms with E-state index in [9.17, 15) is 9.59 Å². The molecule has 0 unspecified atom stereocenters. The molecule has 6 heteroatoms. The van der Waals surface area contributed by atoms with E-state index < -0.39 is 5.97 Å². The topological polar surface area (TPSA) is 81.2 Å². The number of anilines is 1. The monoisotopic (exact) mass is 285 g/mol.